The van der Waals surface area contributed by atoms with Crippen molar-refractivity contribution < 1.29 is 19.0 Å². The Bertz CT molecular complexity index is 1470. The van der Waals surface area contributed by atoms with Gasteiger partial charge in [0.1, 0.15) is 5.75 Å². The first-order valence-corrected chi connectivity index (χ1v) is 11.7. The number of allylic oxidation sites excluding steroid dienone is 2. The van der Waals surface area contributed by atoms with E-state index in [9.17, 15) is 9.59 Å². The minimum Gasteiger partial charge on any atom is -0.496 e. The molecule has 2 aromatic carbocycles. The molecule has 0 N–H and O–H groups in total. The van der Waals surface area contributed by atoms with Crippen molar-refractivity contribution in [2.24, 2.45) is 4.99 Å². The average Bonchev–Trinajstić information content (AvgIpc) is 3.13. The van der Waals surface area contributed by atoms with Gasteiger partial charge in [0.15, 0.2) is 22.1 Å². The number of nitrogens with zero attached hydrogens (tertiary/aromatic N) is 2. The van der Waals surface area contributed by atoms with E-state index < -0.39 is 6.04 Å². The van der Waals surface area contributed by atoms with E-state index in [4.69, 9.17) is 14.2 Å². The molecule has 1 atom stereocenters. The Morgan fingerprint density at radius 3 is 2.53 bits per heavy atom. The van der Waals surface area contributed by atoms with E-state index in [0.29, 0.717) is 44.5 Å². The first kappa shape index (κ1) is 23.5. The average molecular weight is 479 g/mol. The molecule has 1 aliphatic heterocycles. The van der Waals surface area contributed by atoms with Crippen molar-refractivity contribution in [2.75, 3.05) is 20.8 Å². The Kier molecular flexibility index (Phi) is 6.70. The van der Waals surface area contributed by atoms with Crippen molar-refractivity contribution in [2.45, 2.75) is 26.8 Å². The minimum absolute atomic E-state index is 0.136. The quantitative estimate of drug-likeness (QED) is 0.521. The summed E-state index contributed by atoms with van der Waals surface area (Å²) in [7, 11) is 3.15. The highest BCUT2D eigenvalue weighted by atomic mass is 32.1. The number of benzene rings is 2. The number of fused-ring (bicyclic) bond motifs is 1. The third-order valence-electron chi connectivity index (χ3n) is 5.62. The van der Waals surface area contributed by atoms with Crippen LogP contribution < -0.4 is 29.1 Å². The summed E-state index contributed by atoms with van der Waals surface area (Å²) in [5.41, 5.74) is 2.38. The molecule has 4 rings (SSSR count). The number of carbonyl (C=O) groups excluding carboxylic acids is 1. The second-order valence-electron chi connectivity index (χ2n) is 7.72. The Labute approximate surface area is 201 Å². The van der Waals surface area contributed by atoms with Crippen LogP contribution in [0, 0.1) is 0 Å². The predicted octanol–water partition coefficient (Wildman–Crippen LogP) is 3.24. The van der Waals surface area contributed by atoms with E-state index in [1.54, 1.807) is 31.8 Å². The molecular formula is C26H26N2O5S. The molecule has 176 valence electrons. The molecule has 1 unspecified atom stereocenters. The van der Waals surface area contributed by atoms with Crippen LogP contribution >= 0.6 is 11.3 Å². The lowest BCUT2D eigenvalue weighted by atomic mass is 9.93. The molecule has 0 bridgehead atoms. The maximum atomic E-state index is 13.7. The highest BCUT2D eigenvalue weighted by Crippen LogP contribution is 2.35. The van der Waals surface area contributed by atoms with Gasteiger partial charge in [-0.2, -0.15) is 0 Å². The van der Waals surface area contributed by atoms with E-state index in [2.05, 4.69) is 4.99 Å². The number of Topliss-reactive ketones (excluding diaryl/α,β-unsaturated/α-hetero) is 1. The lowest BCUT2D eigenvalue weighted by molar-refractivity contribution is -0.114. The Hall–Kier alpha value is -3.65. The summed E-state index contributed by atoms with van der Waals surface area (Å²) in [5, 5.41) is 0. The van der Waals surface area contributed by atoms with Crippen molar-refractivity contribution in [3.8, 4) is 17.2 Å². The Morgan fingerprint density at radius 1 is 1.12 bits per heavy atom. The zero-order valence-electron chi connectivity index (χ0n) is 19.7. The molecule has 0 aliphatic carbocycles. The van der Waals surface area contributed by atoms with Gasteiger partial charge in [0.05, 0.1) is 31.4 Å². The first-order valence-electron chi connectivity index (χ1n) is 10.9. The zero-order valence-corrected chi connectivity index (χ0v) is 20.6. The van der Waals surface area contributed by atoms with Gasteiger partial charge in [0.25, 0.3) is 5.56 Å². The fraction of sp³-hybridized carbons (Fsp3) is 0.269. The van der Waals surface area contributed by atoms with Crippen LogP contribution in [-0.4, -0.2) is 31.2 Å². The van der Waals surface area contributed by atoms with Crippen LogP contribution in [-0.2, 0) is 4.79 Å². The molecule has 0 saturated heterocycles. The summed E-state index contributed by atoms with van der Waals surface area (Å²) in [6.45, 7) is 5.73. The number of thiazole rings is 1. The largest absolute Gasteiger partial charge is 0.496 e. The number of rotatable bonds is 7. The number of hydrogen-bond acceptors (Lipinski definition) is 7. The van der Waals surface area contributed by atoms with Gasteiger partial charge >= 0.3 is 0 Å². The van der Waals surface area contributed by atoms with Crippen LogP contribution in [0.3, 0.4) is 0 Å². The first-order chi connectivity index (χ1) is 16.4. The monoisotopic (exact) mass is 478 g/mol. The molecule has 2 heterocycles. The summed E-state index contributed by atoms with van der Waals surface area (Å²) in [6.07, 6.45) is 1.80. The van der Waals surface area contributed by atoms with Crippen molar-refractivity contribution >= 4 is 23.2 Å². The van der Waals surface area contributed by atoms with E-state index in [1.165, 1.54) is 18.3 Å². The number of methoxy groups -OCH3 is 2. The third-order valence-corrected chi connectivity index (χ3v) is 6.60. The van der Waals surface area contributed by atoms with Crippen LogP contribution in [0.2, 0.25) is 0 Å². The normalized spacial score (nSPS) is 15.6. The lowest BCUT2D eigenvalue weighted by Gasteiger charge is -2.25. The summed E-state index contributed by atoms with van der Waals surface area (Å²) in [6, 6.07) is 12.3. The maximum Gasteiger partial charge on any atom is 0.271 e. The van der Waals surface area contributed by atoms with Crippen molar-refractivity contribution in [3.05, 3.63) is 84.5 Å². The Balaban J connectivity index is 1.93. The second-order valence-corrected chi connectivity index (χ2v) is 8.73. The van der Waals surface area contributed by atoms with Gasteiger partial charge in [-0.1, -0.05) is 35.6 Å². The highest BCUT2D eigenvalue weighted by molar-refractivity contribution is 7.07. The fourth-order valence-electron chi connectivity index (χ4n) is 4.16. The molecule has 7 nitrogen and oxygen atoms in total. The van der Waals surface area contributed by atoms with Gasteiger partial charge in [-0.3, -0.25) is 14.2 Å². The minimum atomic E-state index is -0.623. The summed E-state index contributed by atoms with van der Waals surface area (Å²) in [5.74, 6) is 1.70. The molecule has 0 amide bonds. The molecule has 8 heteroatoms. The summed E-state index contributed by atoms with van der Waals surface area (Å²) >= 11 is 1.28. The molecule has 1 aromatic heterocycles. The van der Waals surface area contributed by atoms with E-state index >= 15 is 0 Å². The van der Waals surface area contributed by atoms with Crippen molar-refractivity contribution in [1.29, 1.82) is 0 Å². The highest BCUT2D eigenvalue weighted by Gasteiger charge is 2.32. The van der Waals surface area contributed by atoms with Crippen LogP contribution in [0.4, 0.5) is 0 Å². The van der Waals surface area contributed by atoms with Gasteiger partial charge < -0.3 is 14.2 Å². The van der Waals surface area contributed by atoms with Crippen LogP contribution in [0.25, 0.3) is 6.08 Å². The standard InChI is InChI=1S/C26H26N2O5S/c1-6-33-20-12-11-17(13-21(20)32-5)14-22-25(30)28-24(18-9-7-8-10-19(18)31-4)23(16(3)29)15(2)27-26(28)34-22/h7-14,24H,6H2,1-5H3/b22-14+. The number of ether oxygens (including phenoxy) is 3. The summed E-state index contributed by atoms with van der Waals surface area (Å²) < 4.78 is 18.7. The lowest BCUT2D eigenvalue weighted by Crippen LogP contribution is -2.39. The number of para-hydroxylation sites is 1. The molecule has 0 spiro atoms. The number of ketones is 1. The zero-order chi connectivity index (χ0) is 24.4. The second kappa shape index (κ2) is 9.69. The number of carbonyl (C=O) groups is 1. The van der Waals surface area contributed by atoms with Crippen LogP contribution in [0.5, 0.6) is 17.2 Å². The van der Waals surface area contributed by atoms with Crippen molar-refractivity contribution in [1.82, 2.24) is 4.57 Å². The molecule has 0 fully saturated rings. The van der Waals surface area contributed by atoms with Crippen molar-refractivity contribution in [3.63, 3.8) is 0 Å². The SMILES string of the molecule is CCOc1ccc(/C=c2/sc3n(c2=O)C(c2ccccc2OC)C(C(C)=O)=C(C)N=3)cc1OC. The van der Waals surface area contributed by atoms with Crippen LogP contribution in [0.15, 0.2) is 63.5 Å². The molecule has 1 aliphatic rings. The topological polar surface area (TPSA) is 79.1 Å². The maximum absolute atomic E-state index is 13.7. The Morgan fingerprint density at radius 2 is 1.85 bits per heavy atom. The third kappa shape index (κ3) is 4.17. The molecule has 3 aromatic rings. The fourth-order valence-corrected chi connectivity index (χ4v) is 5.20. The van der Waals surface area contributed by atoms with Gasteiger partial charge in [-0.05, 0) is 50.6 Å². The molecule has 0 saturated carbocycles. The number of hydrogen-bond donors (Lipinski definition) is 0. The van der Waals surface area contributed by atoms with E-state index in [-0.39, 0.29) is 11.3 Å². The van der Waals surface area contributed by atoms with Gasteiger partial charge in [0.2, 0.25) is 0 Å². The molecule has 34 heavy (non-hydrogen) atoms. The van der Waals surface area contributed by atoms with Gasteiger partial charge in [0, 0.05) is 16.8 Å². The van der Waals surface area contributed by atoms with Crippen LogP contribution in [0.1, 0.15) is 37.9 Å². The van der Waals surface area contributed by atoms with E-state index in [1.807, 2.05) is 49.4 Å². The molecule has 0 radical (unpaired) electrons. The summed E-state index contributed by atoms with van der Waals surface area (Å²) in [4.78, 5) is 31.5. The molecular weight excluding hydrogens is 452 g/mol. The van der Waals surface area contributed by atoms with E-state index in [0.717, 1.165) is 11.1 Å². The smallest absolute Gasteiger partial charge is 0.271 e. The van der Waals surface area contributed by atoms with Gasteiger partial charge in [-0.25, -0.2) is 4.99 Å². The number of aromatic nitrogens is 1. The van der Waals surface area contributed by atoms with Gasteiger partial charge in [-0.15, -0.1) is 0 Å². The predicted molar refractivity (Wildman–Crippen MR) is 132 cm³/mol.